The van der Waals surface area contributed by atoms with Crippen LogP contribution in [-0.2, 0) is 0 Å². The normalized spacial score (nSPS) is 28.4. The van der Waals surface area contributed by atoms with Crippen LogP contribution in [0, 0.1) is 0 Å². The summed E-state index contributed by atoms with van der Waals surface area (Å²) in [7, 11) is 0. The van der Waals surface area contributed by atoms with Gasteiger partial charge in [-0.15, -0.1) is 24.0 Å². The van der Waals surface area contributed by atoms with Gasteiger partial charge in [0.25, 0.3) is 0 Å². The van der Waals surface area contributed by atoms with Crippen LogP contribution in [0.25, 0.3) is 0 Å². The molecule has 0 aromatic rings. The Morgan fingerprint density at radius 2 is 2.15 bits per heavy atom. The van der Waals surface area contributed by atoms with Gasteiger partial charge in [0.1, 0.15) is 0 Å². The topological polar surface area (TPSA) is 68.1 Å². The van der Waals surface area contributed by atoms with Crippen LogP contribution in [-0.4, -0.2) is 70.5 Å². The molecule has 0 saturated carbocycles. The molecule has 7 heteroatoms. The van der Waals surface area contributed by atoms with E-state index in [9.17, 15) is 10.2 Å². The molecule has 0 radical (unpaired) electrons. The lowest BCUT2D eigenvalue weighted by atomic mass is 10.0. The molecule has 2 heterocycles. The zero-order chi connectivity index (χ0) is 13.7. The van der Waals surface area contributed by atoms with E-state index in [1.54, 1.807) is 11.8 Å². The third kappa shape index (κ3) is 5.23. The molecule has 1 atom stereocenters. The summed E-state index contributed by atoms with van der Waals surface area (Å²) in [6.07, 6.45) is 2.25. The number of nitrogens with zero attached hydrogens (tertiary/aromatic N) is 2. The van der Waals surface area contributed by atoms with Crippen LogP contribution in [0.5, 0.6) is 0 Å². The number of likely N-dealkylation sites (tertiary alicyclic amines) is 1. The molecule has 2 aliphatic heterocycles. The minimum Gasteiger partial charge on any atom is -0.393 e. The number of nitrogens with one attached hydrogen (secondary N) is 1. The number of halogens is 1. The van der Waals surface area contributed by atoms with E-state index in [1.165, 1.54) is 0 Å². The number of guanidine groups is 1. The second-order valence-electron chi connectivity index (χ2n) is 5.42. The first-order valence-corrected chi connectivity index (χ1v) is 8.30. The van der Waals surface area contributed by atoms with Crippen molar-refractivity contribution in [2.24, 2.45) is 4.99 Å². The maximum atomic E-state index is 10.3. The van der Waals surface area contributed by atoms with Crippen molar-refractivity contribution in [2.45, 2.75) is 37.9 Å². The lowest BCUT2D eigenvalue weighted by Crippen LogP contribution is -2.47. The van der Waals surface area contributed by atoms with Crippen LogP contribution >= 0.6 is 35.7 Å². The van der Waals surface area contributed by atoms with Gasteiger partial charge in [0.05, 0.1) is 18.2 Å². The van der Waals surface area contributed by atoms with Gasteiger partial charge in [0.15, 0.2) is 5.96 Å². The Kier molecular flexibility index (Phi) is 7.92. The molecule has 0 aromatic heterocycles. The highest BCUT2D eigenvalue weighted by molar-refractivity contribution is 14.0. The fraction of sp³-hybridized carbons (Fsp3) is 0.923. The van der Waals surface area contributed by atoms with Crippen molar-refractivity contribution in [1.29, 1.82) is 0 Å². The van der Waals surface area contributed by atoms with Crippen molar-refractivity contribution in [1.82, 2.24) is 10.2 Å². The molecule has 2 rings (SSSR count). The van der Waals surface area contributed by atoms with Crippen LogP contribution in [0.2, 0.25) is 0 Å². The number of aliphatic imine (C=N–C) groups is 1. The molecule has 0 spiro atoms. The second kappa shape index (κ2) is 8.65. The van der Waals surface area contributed by atoms with Crippen LogP contribution in [0.4, 0.5) is 0 Å². The smallest absolute Gasteiger partial charge is 0.194 e. The molecule has 2 saturated heterocycles. The summed E-state index contributed by atoms with van der Waals surface area (Å²) in [6, 6.07) is 0. The van der Waals surface area contributed by atoms with E-state index >= 15 is 0 Å². The zero-order valence-electron chi connectivity index (χ0n) is 12.0. The highest BCUT2D eigenvalue weighted by atomic mass is 127. The van der Waals surface area contributed by atoms with Crippen LogP contribution in [0.15, 0.2) is 4.99 Å². The van der Waals surface area contributed by atoms with Gasteiger partial charge in [-0.2, -0.15) is 11.8 Å². The Bertz CT molecular complexity index is 317. The Balaban J connectivity index is 0.00000200. The van der Waals surface area contributed by atoms with Gasteiger partial charge in [-0.25, -0.2) is 0 Å². The second-order valence-corrected chi connectivity index (χ2v) is 6.52. The lowest BCUT2D eigenvalue weighted by Gasteiger charge is -2.33. The van der Waals surface area contributed by atoms with E-state index in [2.05, 4.69) is 22.1 Å². The molecule has 2 fully saturated rings. The third-order valence-electron chi connectivity index (χ3n) is 3.70. The molecule has 3 N–H and O–H groups in total. The summed E-state index contributed by atoms with van der Waals surface area (Å²) < 4.78 is 0. The fourth-order valence-electron chi connectivity index (χ4n) is 2.45. The number of hydrogen-bond acceptors (Lipinski definition) is 4. The molecule has 0 aliphatic carbocycles. The summed E-state index contributed by atoms with van der Waals surface area (Å²) in [6.45, 7) is 5.02. The first kappa shape index (κ1) is 18.3. The maximum Gasteiger partial charge on any atom is 0.194 e. The minimum absolute atomic E-state index is 0. The largest absolute Gasteiger partial charge is 0.393 e. The van der Waals surface area contributed by atoms with Crippen molar-refractivity contribution in [3.8, 4) is 0 Å². The third-order valence-corrected chi connectivity index (χ3v) is 4.94. The first-order chi connectivity index (χ1) is 9.13. The van der Waals surface area contributed by atoms with E-state index in [-0.39, 0.29) is 30.1 Å². The molecular weight excluding hydrogens is 389 g/mol. The van der Waals surface area contributed by atoms with Crippen molar-refractivity contribution >= 4 is 41.7 Å². The predicted octanol–water partition coefficient (Wildman–Crippen LogP) is 0.895. The van der Waals surface area contributed by atoms with E-state index in [0.717, 1.165) is 56.4 Å². The van der Waals surface area contributed by atoms with E-state index < -0.39 is 5.60 Å². The van der Waals surface area contributed by atoms with Gasteiger partial charge < -0.3 is 20.4 Å². The Morgan fingerprint density at radius 1 is 1.45 bits per heavy atom. The monoisotopic (exact) mass is 415 g/mol. The number of aliphatic hydroxyl groups excluding tert-OH is 1. The van der Waals surface area contributed by atoms with Gasteiger partial charge in [-0.3, -0.25) is 4.99 Å². The standard InChI is InChI=1S/C13H25N3O2S.HI/c1-2-14-12(16-6-3-11(17)4-7-16)15-9-13(18)5-8-19-10-13;/h11,17-18H,2-10H2,1H3,(H,14,15);1H. The molecule has 0 aromatic carbocycles. The number of thioether (sulfide) groups is 1. The van der Waals surface area contributed by atoms with E-state index in [1.807, 2.05) is 0 Å². The summed E-state index contributed by atoms with van der Waals surface area (Å²) in [5.41, 5.74) is -0.624. The Hall–Kier alpha value is 0.270. The summed E-state index contributed by atoms with van der Waals surface area (Å²) >= 11 is 1.80. The highest BCUT2D eigenvalue weighted by Crippen LogP contribution is 2.28. The SMILES string of the molecule is CCNC(=NCC1(O)CCSC1)N1CCC(O)CC1.I. The van der Waals surface area contributed by atoms with Crippen molar-refractivity contribution in [2.75, 3.05) is 37.7 Å². The van der Waals surface area contributed by atoms with Gasteiger partial charge in [-0.05, 0) is 31.9 Å². The molecule has 118 valence electrons. The number of piperidine rings is 1. The molecule has 5 nitrogen and oxygen atoms in total. The van der Waals surface area contributed by atoms with E-state index in [4.69, 9.17) is 0 Å². The molecule has 20 heavy (non-hydrogen) atoms. The zero-order valence-corrected chi connectivity index (χ0v) is 15.2. The number of rotatable bonds is 3. The lowest BCUT2D eigenvalue weighted by molar-refractivity contribution is 0.0767. The van der Waals surface area contributed by atoms with E-state index in [0.29, 0.717) is 6.54 Å². The number of aliphatic hydroxyl groups is 2. The van der Waals surface area contributed by atoms with Gasteiger partial charge in [0, 0.05) is 25.4 Å². The van der Waals surface area contributed by atoms with Crippen molar-refractivity contribution in [3.63, 3.8) is 0 Å². The quantitative estimate of drug-likeness (QED) is 0.363. The molecule has 0 bridgehead atoms. The van der Waals surface area contributed by atoms with Crippen molar-refractivity contribution in [3.05, 3.63) is 0 Å². The highest BCUT2D eigenvalue weighted by Gasteiger charge is 2.32. The number of hydrogen-bond donors (Lipinski definition) is 3. The maximum absolute atomic E-state index is 10.3. The van der Waals surface area contributed by atoms with Gasteiger partial charge in [-0.1, -0.05) is 0 Å². The molecular formula is C13H26IN3O2S. The summed E-state index contributed by atoms with van der Waals surface area (Å²) in [4.78, 5) is 6.78. The first-order valence-electron chi connectivity index (χ1n) is 7.14. The molecule has 1 unspecified atom stereocenters. The summed E-state index contributed by atoms with van der Waals surface area (Å²) in [5.74, 6) is 2.69. The van der Waals surface area contributed by atoms with Crippen LogP contribution in [0.3, 0.4) is 0 Å². The fourth-order valence-corrected chi connectivity index (χ4v) is 3.73. The van der Waals surface area contributed by atoms with Crippen LogP contribution in [0.1, 0.15) is 26.2 Å². The van der Waals surface area contributed by atoms with Gasteiger partial charge >= 0.3 is 0 Å². The average Bonchev–Trinajstić information content (AvgIpc) is 2.83. The summed E-state index contributed by atoms with van der Waals surface area (Å²) in [5, 5.41) is 23.2. The Morgan fingerprint density at radius 3 is 2.70 bits per heavy atom. The minimum atomic E-state index is -0.624. The van der Waals surface area contributed by atoms with Gasteiger partial charge in [0.2, 0.25) is 0 Å². The molecule has 0 amide bonds. The predicted molar refractivity (Wildman–Crippen MR) is 95.1 cm³/mol. The van der Waals surface area contributed by atoms with Crippen molar-refractivity contribution < 1.29 is 10.2 Å². The average molecular weight is 415 g/mol. The van der Waals surface area contributed by atoms with Crippen LogP contribution < -0.4 is 5.32 Å². The molecule has 2 aliphatic rings. The Labute approximate surface area is 142 Å².